The van der Waals surface area contributed by atoms with Crippen molar-refractivity contribution < 1.29 is 17.1 Å². The van der Waals surface area contributed by atoms with Crippen LogP contribution in [0.5, 0.6) is 0 Å². The fourth-order valence-electron chi connectivity index (χ4n) is 2.35. The molecule has 0 bridgehead atoms. The third-order valence-corrected chi connectivity index (χ3v) is 3.60. The molecule has 0 aliphatic rings. The van der Waals surface area contributed by atoms with Crippen LogP contribution in [0.3, 0.4) is 0 Å². The second kappa shape index (κ2) is 8.97. The number of hydrogen-bond donors (Lipinski definition) is 1. The van der Waals surface area contributed by atoms with E-state index in [0.717, 1.165) is 22.5 Å². The average Bonchev–Trinajstić information content (AvgIpc) is 3.31. The van der Waals surface area contributed by atoms with Crippen molar-refractivity contribution >= 4 is 5.95 Å². The number of benzene rings is 1. The molecular formula is C21H19FeN3. The van der Waals surface area contributed by atoms with Crippen molar-refractivity contribution in [2.75, 3.05) is 5.73 Å². The fraction of sp³-hybridized carbons (Fsp3) is 0.0476. The summed E-state index contributed by atoms with van der Waals surface area (Å²) in [6.07, 6.45) is 0. The van der Waals surface area contributed by atoms with Crippen LogP contribution in [0.1, 0.15) is 5.56 Å². The molecule has 4 rings (SSSR count). The van der Waals surface area contributed by atoms with Crippen LogP contribution >= 0.6 is 0 Å². The molecule has 0 saturated heterocycles. The van der Waals surface area contributed by atoms with Gasteiger partial charge in [-0.15, -0.1) is 12.1 Å². The average molecular weight is 369 g/mol. The van der Waals surface area contributed by atoms with E-state index in [9.17, 15) is 0 Å². The van der Waals surface area contributed by atoms with Gasteiger partial charge in [-0.05, 0) is 18.2 Å². The van der Waals surface area contributed by atoms with Gasteiger partial charge >= 0.3 is 17.1 Å². The zero-order valence-electron chi connectivity index (χ0n) is 13.9. The Kier molecular flexibility index (Phi) is 6.70. The zero-order valence-corrected chi connectivity index (χ0v) is 15.0. The number of nitrogens with zero attached hydrogens (tertiary/aromatic N) is 2. The number of hydrogen-bond acceptors (Lipinski definition) is 3. The van der Waals surface area contributed by atoms with E-state index in [-0.39, 0.29) is 17.1 Å². The van der Waals surface area contributed by atoms with E-state index in [2.05, 4.69) is 29.0 Å². The van der Waals surface area contributed by atoms with Gasteiger partial charge in [-0.2, -0.15) is 30.3 Å². The first-order valence-corrected chi connectivity index (χ1v) is 7.83. The van der Waals surface area contributed by atoms with E-state index in [1.165, 1.54) is 5.56 Å². The van der Waals surface area contributed by atoms with Crippen molar-refractivity contribution in [1.29, 1.82) is 0 Å². The van der Waals surface area contributed by atoms with E-state index in [1.807, 2.05) is 72.8 Å². The van der Waals surface area contributed by atoms with Gasteiger partial charge in [0.05, 0.1) is 0 Å². The van der Waals surface area contributed by atoms with Crippen molar-refractivity contribution in [2.24, 2.45) is 0 Å². The fourth-order valence-corrected chi connectivity index (χ4v) is 2.35. The molecule has 1 aromatic heterocycles. The zero-order chi connectivity index (χ0) is 16.8. The Morgan fingerprint density at radius 3 is 2.12 bits per heavy atom. The minimum Gasteiger partial charge on any atom is -0.368 e. The normalized spacial score (nSPS) is 9.64. The first-order valence-electron chi connectivity index (χ1n) is 7.83. The van der Waals surface area contributed by atoms with Crippen molar-refractivity contribution in [3.8, 4) is 22.5 Å². The summed E-state index contributed by atoms with van der Waals surface area (Å²) in [5.74, 6) is 0.300. The molecule has 4 heteroatoms. The third kappa shape index (κ3) is 5.15. The van der Waals surface area contributed by atoms with E-state index >= 15 is 0 Å². The van der Waals surface area contributed by atoms with E-state index < -0.39 is 0 Å². The summed E-state index contributed by atoms with van der Waals surface area (Å²) in [5, 5.41) is 0. The molecule has 1 heterocycles. The van der Waals surface area contributed by atoms with Crippen LogP contribution in [0.4, 0.5) is 5.95 Å². The van der Waals surface area contributed by atoms with Crippen molar-refractivity contribution in [3.63, 3.8) is 0 Å². The summed E-state index contributed by atoms with van der Waals surface area (Å²) in [6, 6.07) is 28.2. The largest absolute Gasteiger partial charge is 2.00 e. The summed E-state index contributed by atoms with van der Waals surface area (Å²) in [6.45, 7) is 2.06. The van der Waals surface area contributed by atoms with Gasteiger partial charge in [0.1, 0.15) is 0 Å². The predicted octanol–water partition coefficient (Wildman–Crippen LogP) is 4.82. The Morgan fingerprint density at radius 2 is 1.56 bits per heavy atom. The third-order valence-electron chi connectivity index (χ3n) is 3.60. The van der Waals surface area contributed by atoms with Gasteiger partial charge in [-0.3, -0.25) is 0 Å². The SMILES string of the molecule is Cc1ccc(-c2cc(-[c-]3cccc3)nc(N)n2)cc1.[Fe+2].c1cc[cH-]c1. The Hall–Kier alpha value is -2.68. The molecule has 0 saturated carbocycles. The maximum Gasteiger partial charge on any atom is 2.00 e. The van der Waals surface area contributed by atoms with Crippen molar-refractivity contribution in [2.45, 2.75) is 6.92 Å². The van der Waals surface area contributed by atoms with Crippen molar-refractivity contribution in [3.05, 3.63) is 90.5 Å². The minimum absolute atomic E-state index is 0. The Labute approximate surface area is 158 Å². The first kappa shape index (κ1) is 18.7. The molecule has 4 aromatic rings. The molecule has 2 N–H and O–H groups in total. The molecule has 0 fully saturated rings. The number of aryl methyl sites for hydroxylation is 1. The molecule has 0 atom stereocenters. The topological polar surface area (TPSA) is 51.8 Å². The number of anilines is 1. The molecule has 0 aliphatic heterocycles. The van der Waals surface area contributed by atoms with Gasteiger partial charge in [0.15, 0.2) is 0 Å². The molecule has 0 amide bonds. The molecule has 0 radical (unpaired) electrons. The van der Waals surface area contributed by atoms with Crippen LogP contribution in [0.15, 0.2) is 84.9 Å². The van der Waals surface area contributed by atoms with Gasteiger partial charge in [-0.25, -0.2) is 22.1 Å². The maximum absolute atomic E-state index is 5.81. The smallest absolute Gasteiger partial charge is 0.368 e. The summed E-state index contributed by atoms with van der Waals surface area (Å²) < 4.78 is 0. The number of nitrogens with two attached hydrogens (primary N) is 1. The van der Waals surface area contributed by atoms with E-state index in [4.69, 9.17) is 5.73 Å². The van der Waals surface area contributed by atoms with Crippen LogP contribution in [-0.2, 0) is 17.1 Å². The van der Waals surface area contributed by atoms with Crippen LogP contribution in [0, 0.1) is 6.92 Å². The standard InChI is InChI=1S/C16H14N3.C5H5.Fe/c1-11-6-8-13(9-7-11)15-10-14(18-16(17)19-15)12-4-2-3-5-12;1-2-4-5-3-1;/h2-10H,1H3,(H2,17,18,19);1-5H;/q2*-1;+2. The molecular weight excluding hydrogens is 350 g/mol. The molecule has 25 heavy (non-hydrogen) atoms. The van der Waals surface area contributed by atoms with Crippen LogP contribution in [0.2, 0.25) is 0 Å². The second-order valence-corrected chi connectivity index (χ2v) is 5.50. The summed E-state index contributed by atoms with van der Waals surface area (Å²) in [4.78, 5) is 8.60. The van der Waals surface area contributed by atoms with E-state index in [1.54, 1.807) is 0 Å². The molecule has 0 unspecified atom stereocenters. The summed E-state index contributed by atoms with van der Waals surface area (Å²) in [7, 11) is 0. The molecule has 3 nitrogen and oxygen atoms in total. The number of rotatable bonds is 2. The predicted molar refractivity (Wildman–Crippen MR) is 99.7 cm³/mol. The Bertz CT molecular complexity index is 847. The summed E-state index contributed by atoms with van der Waals surface area (Å²) in [5.41, 5.74) is 10.8. The van der Waals surface area contributed by atoms with Crippen molar-refractivity contribution in [1.82, 2.24) is 9.97 Å². The maximum atomic E-state index is 5.81. The van der Waals surface area contributed by atoms with Gasteiger partial charge in [0.25, 0.3) is 0 Å². The molecule has 0 spiro atoms. The summed E-state index contributed by atoms with van der Waals surface area (Å²) >= 11 is 0. The van der Waals surface area contributed by atoms with Gasteiger partial charge < -0.3 is 5.73 Å². The monoisotopic (exact) mass is 369 g/mol. The molecule has 3 aromatic carbocycles. The number of aromatic nitrogens is 2. The Morgan fingerprint density at radius 1 is 0.920 bits per heavy atom. The minimum atomic E-state index is 0. The van der Waals surface area contributed by atoms with Gasteiger partial charge in [-0.1, -0.05) is 41.5 Å². The first-order chi connectivity index (χ1) is 11.7. The molecule has 126 valence electrons. The van der Waals surface area contributed by atoms with Crippen LogP contribution < -0.4 is 5.73 Å². The van der Waals surface area contributed by atoms with Crippen LogP contribution in [0.25, 0.3) is 22.5 Å². The van der Waals surface area contributed by atoms with E-state index in [0.29, 0.717) is 5.95 Å². The second-order valence-electron chi connectivity index (χ2n) is 5.50. The van der Waals surface area contributed by atoms with Gasteiger partial charge in [0, 0.05) is 5.69 Å². The molecule has 0 aliphatic carbocycles. The van der Waals surface area contributed by atoms with Crippen LogP contribution in [-0.4, -0.2) is 9.97 Å². The number of nitrogen functional groups attached to an aromatic ring is 1. The van der Waals surface area contributed by atoms with Gasteiger partial charge in [0.2, 0.25) is 5.95 Å². The Balaban J connectivity index is 0.000000325. The quantitative estimate of drug-likeness (QED) is 0.407.